The fourth-order valence-electron chi connectivity index (χ4n) is 2.25. The third kappa shape index (κ3) is 3.43. The van der Waals surface area contributed by atoms with Gasteiger partial charge in [0.05, 0.1) is 17.9 Å². The maximum atomic E-state index is 14.2. The lowest BCUT2D eigenvalue weighted by Crippen LogP contribution is -2.32. The lowest BCUT2D eigenvalue weighted by Gasteiger charge is -2.22. The molecule has 1 amide bonds. The Balaban J connectivity index is 2.02. The molecule has 0 N–H and O–H groups in total. The first-order chi connectivity index (χ1) is 11.6. The van der Waals surface area contributed by atoms with Crippen LogP contribution in [0.15, 0.2) is 67.0 Å². The number of hydrogen-bond donors (Lipinski definition) is 0. The number of nitrogens with zero attached hydrogens (tertiary/aromatic N) is 3. The number of benzene rings is 1. The monoisotopic (exact) mass is 325 g/mol. The van der Waals surface area contributed by atoms with Crippen molar-refractivity contribution in [3.63, 3.8) is 0 Å². The molecule has 0 bridgehead atoms. The summed E-state index contributed by atoms with van der Waals surface area (Å²) in [6.45, 7) is 0.0405. The molecule has 3 aromatic rings. The van der Waals surface area contributed by atoms with Gasteiger partial charge in [-0.05, 0) is 36.4 Å². The van der Waals surface area contributed by atoms with Gasteiger partial charge in [0.2, 0.25) is 0 Å². The first kappa shape index (κ1) is 15.7. The normalized spacial score (nSPS) is 10.4. The van der Waals surface area contributed by atoms with Crippen molar-refractivity contribution in [2.45, 2.75) is 6.54 Å². The maximum Gasteiger partial charge on any atom is 0.277 e. The molecule has 0 saturated carbocycles. The molecule has 2 aromatic heterocycles. The summed E-state index contributed by atoms with van der Waals surface area (Å²) in [5.74, 6) is -2.03. The Kier molecular flexibility index (Phi) is 4.56. The topological polar surface area (TPSA) is 46.1 Å². The van der Waals surface area contributed by atoms with Crippen LogP contribution in [0.5, 0.6) is 0 Å². The van der Waals surface area contributed by atoms with Gasteiger partial charge in [-0.15, -0.1) is 0 Å². The van der Waals surface area contributed by atoms with Crippen molar-refractivity contribution >= 4 is 11.6 Å². The zero-order chi connectivity index (χ0) is 16.9. The molecule has 0 aliphatic carbocycles. The maximum absolute atomic E-state index is 14.2. The Morgan fingerprint density at radius 3 is 2.33 bits per heavy atom. The van der Waals surface area contributed by atoms with Gasteiger partial charge in [0, 0.05) is 18.5 Å². The van der Waals surface area contributed by atoms with Crippen molar-refractivity contribution in [1.82, 2.24) is 9.97 Å². The minimum Gasteiger partial charge on any atom is -0.298 e. The summed E-state index contributed by atoms with van der Waals surface area (Å²) in [4.78, 5) is 22.1. The van der Waals surface area contributed by atoms with E-state index < -0.39 is 17.5 Å². The smallest absolute Gasteiger partial charge is 0.277 e. The zero-order valence-electron chi connectivity index (χ0n) is 12.6. The summed E-state index contributed by atoms with van der Waals surface area (Å²) in [6.07, 6.45) is 3.06. The third-order valence-corrected chi connectivity index (χ3v) is 3.38. The van der Waals surface area contributed by atoms with Crippen LogP contribution in [0.2, 0.25) is 0 Å². The fraction of sp³-hybridized carbons (Fsp3) is 0.0556. The Hall–Kier alpha value is -3.15. The van der Waals surface area contributed by atoms with E-state index in [1.165, 1.54) is 23.2 Å². The second-order valence-electron chi connectivity index (χ2n) is 5.02. The minimum atomic E-state index is -0.824. The summed E-state index contributed by atoms with van der Waals surface area (Å²) in [6, 6.07) is 13.2. The van der Waals surface area contributed by atoms with E-state index in [0.29, 0.717) is 5.69 Å². The number of halogens is 2. The second kappa shape index (κ2) is 6.95. The Labute approximate surface area is 137 Å². The molecule has 120 valence electrons. The van der Waals surface area contributed by atoms with Gasteiger partial charge >= 0.3 is 0 Å². The standard InChI is InChI=1S/C18H13F2N3O/c19-13-7-8-17(15(20)11-13)23(12-14-5-1-3-9-21-14)18(24)16-6-2-4-10-22-16/h1-11H,12H2. The molecule has 0 spiro atoms. The van der Waals surface area contributed by atoms with Gasteiger partial charge in [-0.3, -0.25) is 19.7 Å². The van der Waals surface area contributed by atoms with E-state index in [1.807, 2.05) is 0 Å². The number of aromatic nitrogens is 2. The molecule has 3 rings (SSSR count). The van der Waals surface area contributed by atoms with Crippen LogP contribution in [-0.2, 0) is 6.54 Å². The highest BCUT2D eigenvalue weighted by Crippen LogP contribution is 2.23. The largest absolute Gasteiger partial charge is 0.298 e. The molecular formula is C18H13F2N3O. The summed E-state index contributed by atoms with van der Waals surface area (Å²) >= 11 is 0. The number of anilines is 1. The van der Waals surface area contributed by atoms with Gasteiger partial charge in [0.25, 0.3) is 5.91 Å². The molecule has 1 aromatic carbocycles. The summed E-state index contributed by atoms with van der Waals surface area (Å²) in [5, 5.41) is 0. The Bertz CT molecular complexity index is 841. The molecule has 6 heteroatoms. The van der Waals surface area contributed by atoms with Gasteiger partial charge in [0.1, 0.15) is 17.3 Å². The predicted molar refractivity (Wildman–Crippen MR) is 85.3 cm³/mol. The van der Waals surface area contributed by atoms with Gasteiger partial charge in [-0.25, -0.2) is 8.78 Å². The van der Waals surface area contributed by atoms with Crippen molar-refractivity contribution in [3.8, 4) is 0 Å². The SMILES string of the molecule is O=C(c1ccccn1)N(Cc1ccccn1)c1ccc(F)cc1F. The van der Waals surface area contributed by atoms with Crippen molar-refractivity contribution < 1.29 is 13.6 Å². The zero-order valence-corrected chi connectivity index (χ0v) is 12.6. The number of hydrogen-bond acceptors (Lipinski definition) is 3. The Morgan fingerprint density at radius 1 is 0.958 bits per heavy atom. The summed E-state index contributed by atoms with van der Waals surface area (Å²) in [7, 11) is 0. The van der Waals surface area contributed by atoms with Crippen molar-refractivity contribution in [2.75, 3.05) is 4.90 Å². The second-order valence-corrected chi connectivity index (χ2v) is 5.02. The van der Waals surface area contributed by atoms with Crippen LogP contribution >= 0.6 is 0 Å². The van der Waals surface area contributed by atoms with Gasteiger partial charge in [0.15, 0.2) is 0 Å². The van der Waals surface area contributed by atoms with Crippen LogP contribution in [0.4, 0.5) is 14.5 Å². The lowest BCUT2D eigenvalue weighted by atomic mass is 10.2. The molecule has 0 atom stereocenters. The fourth-order valence-corrected chi connectivity index (χ4v) is 2.25. The summed E-state index contributed by atoms with van der Waals surface area (Å²) < 4.78 is 27.4. The highest BCUT2D eigenvalue weighted by molar-refractivity contribution is 6.04. The number of pyridine rings is 2. The van der Waals surface area contributed by atoms with Crippen molar-refractivity contribution in [3.05, 3.63) is 90.0 Å². The number of carbonyl (C=O) groups is 1. The molecule has 0 fully saturated rings. The average molecular weight is 325 g/mol. The molecule has 0 aliphatic heterocycles. The first-order valence-electron chi connectivity index (χ1n) is 7.23. The molecule has 24 heavy (non-hydrogen) atoms. The van der Waals surface area contributed by atoms with E-state index in [9.17, 15) is 13.6 Å². The molecule has 2 heterocycles. The molecule has 0 unspecified atom stereocenters. The van der Waals surface area contributed by atoms with E-state index in [1.54, 1.807) is 36.5 Å². The van der Waals surface area contributed by atoms with Crippen molar-refractivity contribution in [2.24, 2.45) is 0 Å². The molecule has 4 nitrogen and oxygen atoms in total. The first-order valence-corrected chi connectivity index (χ1v) is 7.23. The van der Waals surface area contributed by atoms with Crippen LogP contribution in [-0.4, -0.2) is 15.9 Å². The molecular weight excluding hydrogens is 312 g/mol. The third-order valence-electron chi connectivity index (χ3n) is 3.38. The van der Waals surface area contributed by atoms with E-state index in [-0.39, 0.29) is 17.9 Å². The van der Waals surface area contributed by atoms with E-state index >= 15 is 0 Å². The van der Waals surface area contributed by atoms with Crippen LogP contribution in [0.1, 0.15) is 16.2 Å². The van der Waals surface area contributed by atoms with Gasteiger partial charge in [-0.1, -0.05) is 12.1 Å². The van der Waals surface area contributed by atoms with Gasteiger partial charge < -0.3 is 0 Å². The van der Waals surface area contributed by atoms with Crippen molar-refractivity contribution in [1.29, 1.82) is 0 Å². The van der Waals surface area contributed by atoms with Crippen LogP contribution in [0.25, 0.3) is 0 Å². The quantitative estimate of drug-likeness (QED) is 0.736. The lowest BCUT2D eigenvalue weighted by molar-refractivity contribution is 0.0979. The van der Waals surface area contributed by atoms with Gasteiger partial charge in [-0.2, -0.15) is 0 Å². The van der Waals surface area contributed by atoms with E-state index in [4.69, 9.17) is 0 Å². The number of amides is 1. The highest BCUT2D eigenvalue weighted by atomic mass is 19.1. The van der Waals surface area contributed by atoms with E-state index in [0.717, 1.165) is 12.1 Å². The van der Waals surface area contributed by atoms with Crippen LogP contribution in [0.3, 0.4) is 0 Å². The Morgan fingerprint density at radius 2 is 1.71 bits per heavy atom. The molecule has 0 aliphatic rings. The van der Waals surface area contributed by atoms with Crippen LogP contribution < -0.4 is 4.90 Å². The van der Waals surface area contributed by atoms with Crippen LogP contribution in [0, 0.1) is 11.6 Å². The number of carbonyl (C=O) groups excluding carboxylic acids is 1. The highest BCUT2D eigenvalue weighted by Gasteiger charge is 2.22. The molecule has 0 radical (unpaired) electrons. The average Bonchev–Trinajstić information content (AvgIpc) is 2.61. The minimum absolute atomic E-state index is 0.0299. The van der Waals surface area contributed by atoms with E-state index in [2.05, 4.69) is 9.97 Å². The summed E-state index contributed by atoms with van der Waals surface area (Å²) in [5.41, 5.74) is 0.709. The predicted octanol–water partition coefficient (Wildman–Crippen LogP) is 3.60. The number of rotatable bonds is 4. The molecule has 0 saturated heterocycles.